The van der Waals surface area contributed by atoms with Crippen molar-refractivity contribution in [2.45, 2.75) is 23.1 Å². The summed E-state index contributed by atoms with van der Waals surface area (Å²) >= 11 is 6.02. The van der Waals surface area contributed by atoms with E-state index in [4.69, 9.17) is 16.5 Å². The number of nitrogens with one attached hydrogen (secondary N) is 2. The van der Waals surface area contributed by atoms with Gasteiger partial charge in [0.1, 0.15) is 14.8 Å². The van der Waals surface area contributed by atoms with Gasteiger partial charge in [0, 0.05) is 13.5 Å². The highest BCUT2D eigenvalue weighted by Crippen LogP contribution is 2.39. The predicted octanol–water partition coefficient (Wildman–Crippen LogP) is -0.408. The van der Waals surface area contributed by atoms with Crippen LogP contribution in [0.1, 0.15) is 12.5 Å². The second kappa shape index (κ2) is 11.3. The van der Waals surface area contributed by atoms with Gasteiger partial charge in [0.05, 0.1) is 0 Å². The van der Waals surface area contributed by atoms with E-state index < -0.39 is 46.6 Å². The Bertz CT molecular complexity index is 1010. The summed E-state index contributed by atoms with van der Waals surface area (Å²) in [6, 6.07) is 1.05. The van der Waals surface area contributed by atoms with E-state index in [1.165, 1.54) is 9.44 Å². The zero-order chi connectivity index (χ0) is 22.4. The lowest BCUT2D eigenvalue weighted by molar-refractivity contribution is -0.210. The van der Waals surface area contributed by atoms with E-state index in [1.54, 1.807) is 19.0 Å². The number of carbonyl (C=O) groups excluding carboxylic acids is 3. The Morgan fingerprint density at radius 2 is 1.60 bits per heavy atom. The minimum Gasteiger partial charge on any atom is -0.309 e. The third-order valence-corrected chi connectivity index (χ3v) is 6.62. The molecule has 0 bridgehead atoms. The molecule has 12 nitrogen and oxygen atoms in total. The van der Waals surface area contributed by atoms with Crippen LogP contribution in [0.15, 0.2) is 15.9 Å². The van der Waals surface area contributed by atoms with Gasteiger partial charge in [-0.1, -0.05) is 11.6 Å². The number of halogens is 2. The molecule has 30 heavy (non-hydrogen) atoms. The van der Waals surface area contributed by atoms with E-state index in [0.717, 1.165) is 13.0 Å². The molecule has 0 unspecified atom stereocenters. The quantitative estimate of drug-likeness (QED) is 0.228. The maximum absolute atomic E-state index is 12.6. The zero-order valence-electron chi connectivity index (χ0n) is 15.9. The van der Waals surface area contributed by atoms with E-state index >= 15 is 0 Å². The molecule has 0 atom stereocenters. The van der Waals surface area contributed by atoms with Crippen LogP contribution in [0.4, 0.5) is 0 Å². The third-order valence-electron chi connectivity index (χ3n) is 3.24. The second-order valence-corrected chi connectivity index (χ2v) is 9.38. The Kier molecular flexibility index (Phi) is 10.5. The molecule has 0 aliphatic rings. The number of likely N-dealkylation sites (N-methyl/N-ethyl adjacent to an activating group) is 1. The highest BCUT2D eigenvalue weighted by atomic mass is 35.5. The lowest BCUT2D eigenvalue weighted by Gasteiger charge is -2.19. The van der Waals surface area contributed by atoms with Crippen LogP contribution in [0.25, 0.3) is 0 Å². The van der Waals surface area contributed by atoms with Crippen molar-refractivity contribution < 1.29 is 41.0 Å². The van der Waals surface area contributed by atoms with Crippen molar-refractivity contribution in [3.05, 3.63) is 16.7 Å². The summed E-state index contributed by atoms with van der Waals surface area (Å²) in [5, 5.41) is -0.791. The summed E-state index contributed by atoms with van der Waals surface area (Å²) < 4.78 is 53.2. The average molecular weight is 508 g/mol. The smallest absolute Gasteiger partial charge is 0.309 e. The number of hydrogen-bond acceptors (Lipinski definition) is 10. The third kappa shape index (κ3) is 6.98. The molecule has 0 saturated heterocycles. The monoisotopic (exact) mass is 507 g/mol. The maximum atomic E-state index is 12.6. The highest BCUT2D eigenvalue weighted by Gasteiger charge is 2.35. The summed E-state index contributed by atoms with van der Waals surface area (Å²) in [5.74, 6) is -1.39. The first-order chi connectivity index (χ1) is 13.4. The van der Waals surface area contributed by atoms with Gasteiger partial charge in [0.2, 0.25) is 12.8 Å². The lowest BCUT2D eigenvalue weighted by atomic mass is 10.1. The molecule has 0 fully saturated rings. The van der Waals surface area contributed by atoms with Gasteiger partial charge < -0.3 is 4.90 Å². The van der Waals surface area contributed by atoms with Gasteiger partial charge in [-0.15, -0.1) is 12.4 Å². The minimum atomic E-state index is -4.81. The van der Waals surface area contributed by atoms with E-state index in [2.05, 4.69) is 4.89 Å². The van der Waals surface area contributed by atoms with Crippen LogP contribution >= 0.6 is 24.0 Å². The predicted molar refractivity (Wildman–Crippen MR) is 106 cm³/mol. The van der Waals surface area contributed by atoms with E-state index in [-0.39, 0.29) is 43.8 Å². The van der Waals surface area contributed by atoms with Crippen LogP contribution in [0.3, 0.4) is 0 Å². The van der Waals surface area contributed by atoms with Crippen LogP contribution in [0.5, 0.6) is 5.75 Å². The standard InChI is InChI=1S/C14H18ClN3O9S2.ClH/c1-9(21)26-27-11-6-10(4-5-18(2)3)13(28(22,23)16-7-19)14(12(11)15)29(24,25)17-8-20;/h6-8H,4-5H2,1-3H3,(H,16,19)(H,17,20);1H. The largest absolute Gasteiger partial charge is 0.352 e. The van der Waals surface area contributed by atoms with Crippen LogP contribution < -0.4 is 14.3 Å². The molecule has 0 spiro atoms. The molecular weight excluding hydrogens is 489 g/mol. The van der Waals surface area contributed by atoms with Gasteiger partial charge in [-0.05, 0) is 32.1 Å². The van der Waals surface area contributed by atoms with Crippen molar-refractivity contribution in [3.8, 4) is 5.75 Å². The summed E-state index contributed by atoms with van der Waals surface area (Å²) in [5.41, 5.74) is -0.133. The molecule has 170 valence electrons. The van der Waals surface area contributed by atoms with Gasteiger partial charge in [-0.25, -0.2) is 21.6 Å². The topological polar surface area (TPSA) is 165 Å². The Morgan fingerprint density at radius 1 is 1.10 bits per heavy atom. The van der Waals surface area contributed by atoms with Crippen LogP contribution in [0, 0.1) is 0 Å². The summed E-state index contributed by atoms with van der Waals surface area (Å²) in [6.45, 7) is 1.25. The molecule has 0 saturated carbocycles. The van der Waals surface area contributed by atoms with Crippen LogP contribution in [0.2, 0.25) is 5.02 Å². The second-order valence-electron chi connectivity index (χ2n) is 5.70. The minimum absolute atomic E-state index is 0. The number of sulfonamides is 2. The fourth-order valence-corrected chi connectivity index (χ4v) is 5.37. The molecular formula is C14H19Cl2N3O9S2. The summed E-state index contributed by atoms with van der Waals surface area (Å²) in [7, 11) is -6.17. The number of rotatable bonds is 11. The molecule has 0 aliphatic heterocycles. The molecule has 2 amide bonds. The highest BCUT2D eigenvalue weighted by molar-refractivity contribution is 7.93. The number of amides is 2. The van der Waals surface area contributed by atoms with Crippen molar-refractivity contribution >= 4 is 62.8 Å². The molecule has 0 aromatic heterocycles. The Labute approximate surface area is 184 Å². The van der Waals surface area contributed by atoms with Crippen molar-refractivity contribution in [1.29, 1.82) is 0 Å². The fourth-order valence-electron chi connectivity index (χ4n) is 2.12. The van der Waals surface area contributed by atoms with E-state index in [0.29, 0.717) is 0 Å². The molecule has 0 radical (unpaired) electrons. The van der Waals surface area contributed by atoms with Crippen molar-refractivity contribution in [2.24, 2.45) is 0 Å². The Balaban J connectivity index is 0.00000841. The molecule has 1 aromatic rings. The molecule has 2 N–H and O–H groups in total. The fraction of sp³-hybridized carbons (Fsp3) is 0.357. The Hall–Kier alpha value is -2.13. The van der Waals surface area contributed by atoms with E-state index in [9.17, 15) is 31.2 Å². The number of nitrogens with zero attached hydrogens (tertiary/aromatic N) is 1. The summed E-state index contributed by atoms with van der Waals surface area (Å²) in [4.78, 5) is 41.3. The lowest BCUT2D eigenvalue weighted by Crippen LogP contribution is -2.30. The maximum Gasteiger partial charge on any atom is 0.352 e. The van der Waals surface area contributed by atoms with Crippen molar-refractivity contribution in [3.63, 3.8) is 0 Å². The number of carbonyl (C=O) groups is 3. The normalized spacial score (nSPS) is 11.2. The first-order valence-corrected chi connectivity index (χ1v) is 11.0. The van der Waals surface area contributed by atoms with Gasteiger partial charge in [0.15, 0.2) is 5.75 Å². The average Bonchev–Trinajstić information content (AvgIpc) is 2.58. The number of benzene rings is 1. The molecule has 0 heterocycles. The van der Waals surface area contributed by atoms with Crippen molar-refractivity contribution in [1.82, 2.24) is 14.3 Å². The van der Waals surface area contributed by atoms with Crippen LogP contribution in [-0.4, -0.2) is 61.2 Å². The first-order valence-electron chi connectivity index (χ1n) is 7.64. The van der Waals surface area contributed by atoms with E-state index in [1.807, 2.05) is 0 Å². The van der Waals surface area contributed by atoms with Gasteiger partial charge in [-0.3, -0.25) is 28.8 Å². The zero-order valence-corrected chi connectivity index (χ0v) is 19.1. The first kappa shape index (κ1) is 27.9. The molecule has 1 aromatic carbocycles. The van der Waals surface area contributed by atoms with Gasteiger partial charge in [-0.2, -0.15) is 0 Å². The Morgan fingerprint density at radius 3 is 2.03 bits per heavy atom. The molecule has 1 rings (SSSR count). The van der Waals surface area contributed by atoms with Gasteiger partial charge >= 0.3 is 5.97 Å². The number of hydrogen-bond donors (Lipinski definition) is 2. The van der Waals surface area contributed by atoms with Crippen molar-refractivity contribution in [2.75, 3.05) is 20.6 Å². The van der Waals surface area contributed by atoms with Gasteiger partial charge in [0.25, 0.3) is 20.0 Å². The molecule has 0 aliphatic carbocycles. The van der Waals surface area contributed by atoms with Crippen LogP contribution in [-0.2, 0) is 45.7 Å². The molecule has 16 heteroatoms. The SMILES string of the molecule is CC(=O)OOc1cc(CCN(C)C)c(S(=O)(=O)NC=O)c(S(=O)(=O)NC=O)c1Cl.Cl. The summed E-state index contributed by atoms with van der Waals surface area (Å²) in [6.07, 6.45) is -0.403.